The van der Waals surface area contributed by atoms with Gasteiger partial charge in [0.15, 0.2) is 0 Å². The third kappa shape index (κ3) is 3.55. The van der Waals surface area contributed by atoms with Crippen molar-refractivity contribution in [2.24, 2.45) is 5.92 Å². The third-order valence-corrected chi connectivity index (χ3v) is 5.99. The number of nitrogens with one attached hydrogen (secondary N) is 1. The largest absolute Gasteiger partial charge is 0.349 e. The average Bonchev–Trinajstić information content (AvgIpc) is 2.88. The standard InChI is InChI=1S/C16H21FN2O3S/c1-23(21,22)19-8-2-3-12(10-19)16(20)18-15-7-4-11-9-13(17)5-6-14(11)15/h5-6,9,12,15H,2-4,7-8,10H2,1H3,(H,18,20)/t12-,15-/m0/s1. The first-order valence-corrected chi connectivity index (χ1v) is 9.73. The Hall–Kier alpha value is -1.47. The molecule has 23 heavy (non-hydrogen) atoms. The van der Waals surface area contributed by atoms with Crippen LogP contribution >= 0.6 is 0 Å². The van der Waals surface area contributed by atoms with Gasteiger partial charge < -0.3 is 5.32 Å². The van der Waals surface area contributed by atoms with E-state index in [-0.39, 0.29) is 30.2 Å². The number of hydrogen-bond donors (Lipinski definition) is 1. The van der Waals surface area contributed by atoms with E-state index >= 15 is 0 Å². The molecular formula is C16H21FN2O3S. The van der Waals surface area contributed by atoms with Crippen LogP contribution in [-0.4, -0.2) is 38.0 Å². The maximum atomic E-state index is 13.2. The Morgan fingerprint density at radius 2 is 2.13 bits per heavy atom. The molecule has 1 N–H and O–H groups in total. The summed E-state index contributed by atoms with van der Waals surface area (Å²) in [6, 6.07) is 4.56. The summed E-state index contributed by atoms with van der Waals surface area (Å²) in [5, 5.41) is 3.01. The van der Waals surface area contributed by atoms with E-state index in [1.165, 1.54) is 22.7 Å². The lowest BCUT2D eigenvalue weighted by atomic mass is 9.98. The zero-order chi connectivity index (χ0) is 16.6. The molecule has 0 radical (unpaired) electrons. The normalized spacial score (nSPS) is 25.1. The first kappa shape index (κ1) is 16.4. The molecule has 2 aliphatic rings. The third-order valence-electron chi connectivity index (χ3n) is 4.72. The van der Waals surface area contributed by atoms with E-state index in [0.29, 0.717) is 19.4 Å². The van der Waals surface area contributed by atoms with Crippen molar-refractivity contribution in [1.29, 1.82) is 0 Å². The smallest absolute Gasteiger partial charge is 0.224 e. The molecule has 0 aromatic heterocycles. The van der Waals surface area contributed by atoms with E-state index in [1.54, 1.807) is 6.07 Å². The van der Waals surface area contributed by atoms with Crippen molar-refractivity contribution < 1.29 is 17.6 Å². The number of fused-ring (bicyclic) bond motifs is 1. The molecule has 0 spiro atoms. The SMILES string of the molecule is CS(=O)(=O)N1CCC[C@H](C(=O)N[C@H]2CCc3cc(F)ccc32)C1. The second-order valence-electron chi connectivity index (χ2n) is 6.40. The fourth-order valence-electron chi connectivity index (χ4n) is 3.48. The molecule has 5 nitrogen and oxygen atoms in total. The molecule has 1 amide bonds. The van der Waals surface area contributed by atoms with Gasteiger partial charge in [-0.3, -0.25) is 4.79 Å². The Bertz CT molecular complexity index is 720. The van der Waals surface area contributed by atoms with Gasteiger partial charge in [0.1, 0.15) is 5.82 Å². The lowest BCUT2D eigenvalue weighted by Gasteiger charge is -2.31. The number of nitrogens with zero attached hydrogens (tertiary/aromatic N) is 1. The molecule has 1 aliphatic heterocycles. The number of hydrogen-bond acceptors (Lipinski definition) is 3. The predicted octanol–water partition coefficient (Wildman–Crippen LogP) is 1.60. The molecule has 0 saturated carbocycles. The van der Waals surface area contributed by atoms with Gasteiger partial charge in [0.05, 0.1) is 18.2 Å². The molecule has 126 valence electrons. The Kier molecular flexibility index (Phi) is 4.42. The predicted molar refractivity (Wildman–Crippen MR) is 84.7 cm³/mol. The highest BCUT2D eigenvalue weighted by Gasteiger charge is 2.32. The van der Waals surface area contributed by atoms with E-state index in [1.807, 2.05) is 0 Å². The summed E-state index contributed by atoms with van der Waals surface area (Å²) in [5.41, 5.74) is 1.91. The number of benzene rings is 1. The minimum absolute atomic E-state index is 0.105. The number of carbonyl (C=O) groups is 1. The van der Waals surface area contributed by atoms with Gasteiger partial charge in [-0.05, 0) is 48.9 Å². The van der Waals surface area contributed by atoms with Crippen LogP contribution in [0.25, 0.3) is 0 Å². The van der Waals surface area contributed by atoms with Gasteiger partial charge in [-0.1, -0.05) is 6.07 Å². The summed E-state index contributed by atoms with van der Waals surface area (Å²) < 4.78 is 37.9. The second-order valence-corrected chi connectivity index (χ2v) is 8.39. The fourth-order valence-corrected chi connectivity index (χ4v) is 4.39. The zero-order valence-electron chi connectivity index (χ0n) is 13.1. The molecule has 1 heterocycles. The first-order valence-electron chi connectivity index (χ1n) is 7.88. The first-order chi connectivity index (χ1) is 10.8. The highest BCUT2D eigenvalue weighted by molar-refractivity contribution is 7.88. The van der Waals surface area contributed by atoms with Crippen LogP contribution in [0, 0.1) is 11.7 Å². The molecule has 1 saturated heterocycles. The van der Waals surface area contributed by atoms with Gasteiger partial charge >= 0.3 is 0 Å². The van der Waals surface area contributed by atoms with E-state index in [4.69, 9.17) is 0 Å². The van der Waals surface area contributed by atoms with Gasteiger partial charge in [0.2, 0.25) is 15.9 Å². The summed E-state index contributed by atoms with van der Waals surface area (Å²) in [4.78, 5) is 12.5. The Morgan fingerprint density at radius 3 is 2.87 bits per heavy atom. The molecule has 3 rings (SSSR count). The van der Waals surface area contributed by atoms with E-state index in [0.717, 1.165) is 24.0 Å². The van der Waals surface area contributed by atoms with Crippen molar-refractivity contribution in [3.8, 4) is 0 Å². The number of aryl methyl sites for hydroxylation is 1. The molecule has 1 aromatic carbocycles. The van der Waals surface area contributed by atoms with Crippen molar-refractivity contribution in [1.82, 2.24) is 9.62 Å². The second kappa shape index (κ2) is 6.20. The van der Waals surface area contributed by atoms with Crippen LogP contribution in [0.3, 0.4) is 0 Å². The molecular weight excluding hydrogens is 319 g/mol. The lowest BCUT2D eigenvalue weighted by molar-refractivity contribution is -0.126. The summed E-state index contributed by atoms with van der Waals surface area (Å²) in [5.74, 6) is -0.685. The van der Waals surface area contributed by atoms with E-state index in [9.17, 15) is 17.6 Å². The van der Waals surface area contributed by atoms with Crippen LogP contribution in [0.5, 0.6) is 0 Å². The number of carbonyl (C=O) groups excluding carboxylic acids is 1. The van der Waals surface area contributed by atoms with Crippen molar-refractivity contribution >= 4 is 15.9 Å². The average molecular weight is 340 g/mol. The molecule has 2 atom stereocenters. The van der Waals surface area contributed by atoms with Crippen LogP contribution < -0.4 is 5.32 Å². The highest BCUT2D eigenvalue weighted by atomic mass is 32.2. The van der Waals surface area contributed by atoms with Crippen molar-refractivity contribution in [3.05, 3.63) is 35.1 Å². The van der Waals surface area contributed by atoms with Crippen LogP contribution in [-0.2, 0) is 21.2 Å². The number of piperidine rings is 1. The van der Waals surface area contributed by atoms with Gasteiger partial charge in [0, 0.05) is 13.1 Å². The molecule has 0 unspecified atom stereocenters. The number of amides is 1. The van der Waals surface area contributed by atoms with Gasteiger partial charge in [-0.25, -0.2) is 17.1 Å². The zero-order valence-corrected chi connectivity index (χ0v) is 13.9. The summed E-state index contributed by atoms with van der Waals surface area (Å²) in [6.45, 7) is 0.724. The molecule has 0 bridgehead atoms. The molecule has 1 aromatic rings. The van der Waals surface area contributed by atoms with Crippen molar-refractivity contribution in [2.75, 3.05) is 19.3 Å². The van der Waals surface area contributed by atoms with E-state index < -0.39 is 10.0 Å². The quantitative estimate of drug-likeness (QED) is 0.909. The maximum absolute atomic E-state index is 13.2. The summed E-state index contributed by atoms with van der Waals surface area (Å²) >= 11 is 0. The highest BCUT2D eigenvalue weighted by Crippen LogP contribution is 2.32. The Morgan fingerprint density at radius 1 is 1.35 bits per heavy atom. The van der Waals surface area contributed by atoms with Crippen LogP contribution in [0.15, 0.2) is 18.2 Å². The van der Waals surface area contributed by atoms with Crippen LogP contribution in [0.2, 0.25) is 0 Å². The lowest BCUT2D eigenvalue weighted by Crippen LogP contribution is -2.45. The van der Waals surface area contributed by atoms with Crippen LogP contribution in [0.4, 0.5) is 4.39 Å². The molecule has 7 heteroatoms. The number of sulfonamides is 1. The molecule has 1 fully saturated rings. The number of halogens is 1. The van der Waals surface area contributed by atoms with Crippen LogP contribution in [0.1, 0.15) is 36.4 Å². The Labute approximate surface area is 135 Å². The van der Waals surface area contributed by atoms with Crippen molar-refractivity contribution in [3.63, 3.8) is 0 Å². The van der Waals surface area contributed by atoms with Gasteiger partial charge in [-0.2, -0.15) is 0 Å². The topological polar surface area (TPSA) is 66.5 Å². The monoisotopic (exact) mass is 340 g/mol. The summed E-state index contributed by atoms with van der Waals surface area (Å²) in [7, 11) is -3.26. The minimum Gasteiger partial charge on any atom is -0.349 e. The maximum Gasteiger partial charge on any atom is 0.224 e. The molecule has 1 aliphatic carbocycles. The fraction of sp³-hybridized carbons (Fsp3) is 0.562. The summed E-state index contributed by atoms with van der Waals surface area (Å²) in [6.07, 6.45) is 4.07. The van der Waals surface area contributed by atoms with Gasteiger partial charge in [-0.15, -0.1) is 0 Å². The number of rotatable bonds is 3. The minimum atomic E-state index is -3.26. The van der Waals surface area contributed by atoms with E-state index in [2.05, 4.69) is 5.32 Å². The van der Waals surface area contributed by atoms with Gasteiger partial charge in [0.25, 0.3) is 0 Å². The van der Waals surface area contributed by atoms with Crippen molar-refractivity contribution in [2.45, 2.75) is 31.7 Å². The Balaban J connectivity index is 1.67.